The van der Waals surface area contributed by atoms with Crippen LogP contribution in [0.15, 0.2) is 59.4 Å². The van der Waals surface area contributed by atoms with E-state index >= 15 is 0 Å². The highest BCUT2D eigenvalue weighted by atomic mass is 19.4. The van der Waals surface area contributed by atoms with Crippen LogP contribution in [0.5, 0.6) is 0 Å². The fraction of sp³-hybridized carbons (Fsp3) is 0.176. The molecule has 124 valence electrons. The average Bonchev–Trinajstić information content (AvgIpc) is 2.57. The monoisotopic (exact) mass is 334 g/mol. The predicted octanol–water partition coefficient (Wildman–Crippen LogP) is 2.99. The van der Waals surface area contributed by atoms with Gasteiger partial charge < -0.3 is 5.11 Å². The Bertz CT molecular complexity index is 921. The number of halogens is 3. The zero-order valence-electron chi connectivity index (χ0n) is 12.4. The topological polar surface area (TPSA) is 55.1 Å². The summed E-state index contributed by atoms with van der Waals surface area (Å²) in [5.41, 5.74) is 0.387. The minimum atomic E-state index is -4.82. The number of nitrogens with zero attached hydrogens (tertiary/aromatic N) is 2. The van der Waals surface area contributed by atoms with Crippen LogP contribution < -0.4 is 5.56 Å². The molecule has 4 nitrogen and oxygen atoms in total. The molecule has 0 unspecified atom stereocenters. The molecule has 1 N–H and O–H groups in total. The highest BCUT2D eigenvalue weighted by Crippen LogP contribution is 2.25. The molecule has 24 heavy (non-hydrogen) atoms. The smallest absolute Gasteiger partial charge is 0.382 e. The summed E-state index contributed by atoms with van der Waals surface area (Å²) < 4.78 is 38.5. The molecule has 1 atom stereocenters. The summed E-state index contributed by atoms with van der Waals surface area (Å²) in [6.45, 7) is -0.951. The molecule has 2 aromatic carbocycles. The molecular weight excluding hydrogens is 321 g/mol. The molecule has 0 amide bonds. The van der Waals surface area contributed by atoms with Gasteiger partial charge >= 0.3 is 6.18 Å². The van der Waals surface area contributed by atoms with Crippen molar-refractivity contribution in [3.8, 4) is 11.3 Å². The molecule has 0 aliphatic heterocycles. The van der Waals surface area contributed by atoms with Crippen molar-refractivity contribution in [3.63, 3.8) is 0 Å². The summed E-state index contributed by atoms with van der Waals surface area (Å²) in [6, 6.07) is 15.4. The lowest BCUT2D eigenvalue weighted by atomic mass is 10.1. The van der Waals surface area contributed by atoms with Crippen LogP contribution in [-0.2, 0) is 6.54 Å². The van der Waals surface area contributed by atoms with Crippen molar-refractivity contribution in [2.24, 2.45) is 0 Å². The second kappa shape index (κ2) is 6.09. The van der Waals surface area contributed by atoms with Crippen LogP contribution in [0.4, 0.5) is 13.2 Å². The number of rotatable bonds is 3. The van der Waals surface area contributed by atoms with Crippen molar-refractivity contribution in [3.05, 3.63) is 65.0 Å². The standard InChI is InChI=1S/C17H13F3N2O2/c18-17(19,20)14(23)10-22-16(24)13-9-5-4-8-12(13)15(21-22)11-6-2-1-3-7-11/h1-9,14,23H,10H2/t14-/m0/s1. The van der Waals surface area contributed by atoms with Crippen LogP contribution in [0.1, 0.15) is 0 Å². The SMILES string of the molecule is O=c1c2ccccc2c(-c2ccccc2)nn1C[C@H](O)C(F)(F)F. The van der Waals surface area contributed by atoms with E-state index in [2.05, 4.69) is 5.10 Å². The van der Waals surface area contributed by atoms with E-state index < -0.39 is 24.4 Å². The van der Waals surface area contributed by atoms with Crippen LogP contribution in [0.25, 0.3) is 22.0 Å². The molecule has 0 saturated carbocycles. The zero-order valence-corrected chi connectivity index (χ0v) is 12.4. The van der Waals surface area contributed by atoms with Gasteiger partial charge in [0, 0.05) is 10.9 Å². The number of aliphatic hydroxyl groups is 1. The van der Waals surface area contributed by atoms with Gasteiger partial charge in [0.1, 0.15) is 0 Å². The quantitative estimate of drug-likeness (QED) is 0.801. The normalized spacial score (nSPS) is 13.2. The Morgan fingerprint density at radius 1 is 1.00 bits per heavy atom. The minimum absolute atomic E-state index is 0.251. The Labute approximate surface area is 134 Å². The first-order valence-corrected chi connectivity index (χ1v) is 7.18. The third-order valence-electron chi connectivity index (χ3n) is 3.64. The number of hydrogen-bond acceptors (Lipinski definition) is 3. The molecule has 3 rings (SSSR count). The highest BCUT2D eigenvalue weighted by Gasteiger charge is 2.39. The molecule has 0 aliphatic carbocycles. The van der Waals surface area contributed by atoms with Crippen LogP contribution in [-0.4, -0.2) is 27.2 Å². The van der Waals surface area contributed by atoms with Crippen molar-refractivity contribution >= 4 is 10.8 Å². The molecule has 1 heterocycles. The van der Waals surface area contributed by atoms with E-state index in [-0.39, 0.29) is 5.39 Å². The summed E-state index contributed by atoms with van der Waals surface area (Å²) >= 11 is 0. The summed E-state index contributed by atoms with van der Waals surface area (Å²) in [4.78, 5) is 12.4. The Balaban J connectivity index is 2.21. The first-order chi connectivity index (χ1) is 11.4. The summed E-state index contributed by atoms with van der Waals surface area (Å²) in [7, 11) is 0. The molecule has 0 fully saturated rings. The van der Waals surface area contributed by atoms with E-state index in [0.29, 0.717) is 21.3 Å². The maximum atomic E-state index is 12.6. The zero-order chi connectivity index (χ0) is 17.3. The minimum Gasteiger partial charge on any atom is -0.382 e. The fourth-order valence-electron chi connectivity index (χ4n) is 2.44. The fourth-order valence-corrected chi connectivity index (χ4v) is 2.44. The van der Waals surface area contributed by atoms with Gasteiger partial charge in [0.2, 0.25) is 0 Å². The van der Waals surface area contributed by atoms with Crippen LogP contribution in [0, 0.1) is 0 Å². The van der Waals surface area contributed by atoms with Gasteiger partial charge in [-0.1, -0.05) is 48.5 Å². The van der Waals surface area contributed by atoms with Gasteiger partial charge in [0.15, 0.2) is 6.10 Å². The molecule has 0 bridgehead atoms. The number of alkyl halides is 3. The Morgan fingerprint density at radius 3 is 2.21 bits per heavy atom. The van der Waals surface area contributed by atoms with Gasteiger partial charge in [-0.25, -0.2) is 4.68 Å². The van der Waals surface area contributed by atoms with E-state index in [1.165, 1.54) is 6.07 Å². The van der Waals surface area contributed by atoms with E-state index in [9.17, 15) is 23.1 Å². The van der Waals surface area contributed by atoms with Crippen molar-refractivity contribution in [1.29, 1.82) is 0 Å². The predicted molar refractivity (Wildman–Crippen MR) is 83.5 cm³/mol. The lowest BCUT2D eigenvalue weighted by Crippen LogP contribution is -2.37. The molecule has 0 radical (unpaired) electrons. The summed E-state index contributed by atoms with van der Waals surface area (Å²) in [5.74, 6) is 0. The molecule has 7 heteroatoms. The van der Waals surface area contributed by atoms with E-state index in [1.807, 2.05) is 0 Å². The first kappa shape index (κ1) is 16.2. The van der Waals surface area contributed by atoms with Gasteiger partial charge in [-0.05, 0) is 6.07 Å². The molecule has 0 aliphatic rings. The van der Waals surface area contributed by atoms with Gasteiger partial charge in [-0.15, -0.1) is 0 Å². The third-order valence-corrected chi connectivity index (χ3v) is 3.64. The Morgan fingerprint density at radius 2 is 1.58 bits per heavy atom. The lowest BCUT2D eigenvalue weighted by Gasteiger charge is -2.16. The van der Waals surface area contributed by atoms with E-state index in [1.54, 1.807) is 48.5 Å². The second-order valence-electron chi connectivity index (χ2n) is 5.30. The van der Waals surface area contributed by atoms with Crippen LogP contribution >= 0.6 is 0 Å². The van der Waals surface area contributed by atoms with E-state index in [4.69, 9.17) is 0 Å². The maximum Gasteiger partial charge on any atom is 0.416 e. The van der Waals surface area contributed by atoms with Crippen molar-refractivity contribution < 1.29 is 18.3 Å². The Hall–Kier alpha value is -2.67. The van der Waals surface area contributed by atoms with Crippen LogP contribution in [0.2, 0.25) is 0 Å². The third kappa shape index (κ3) is 3.03. The van der Waals surface area contributed by atoms with Gasteiger partial charge in [-0.3, -0.25) is 4.79 Å². The average molecular weight is 334 g/mol. The second-order valence-corrected chi connectivity index (χ2v) is 5.30. The van der Waals surface area contributed by atoms with Crippen LogP contribution in [0.3, 0.4) is 0 Å². The number of hydrogen-bond donors (Lipinski definition) is 1. The molecular formula is C17H13F3N2O2. The summed E-state index contributed by atoms with van der Waals surface area (Å²) in [5, 5.41) is 14.1. The molecule has 1 aromatic heterocycles. The molecule has 3 aromatic rings. The Kier molecular flexibility index (Phi) is 4.11. The van der Waals surface area contributed by atoms with E-state index in [0.717, 1.165) is 0 Å². The number of fused-ring (bicyclic) bond motifs is 1. The maximum absolute atomic E-state index is 12.6. The van der Waals surface area contributed by atoms with Crippen molar-refractivity contribution in [1.82, 2.24) is 9.78 Å². The number of benzene rings is 2. The molecule has 0 saturated heterocycles. The summed E-state index contributed by atoms with van der Waals surface area (Å²) in [6.07, 6.45) is -7.48. The van der Waals surface area contributed by atoms with Gasteiger partial charge in [0.25, 0.3) is 5.56 Å². The van der Waals surface area contributed by atoms with Gasteiger partial charge in [0.05, 0.1) is 17.6 Å². The first-order valence-electron chi connectivity index (χ1n) is 7.18. The largest absolute Gasteiger partial charge is 0.416 e. The van der Waals surface area contributed by atoms with Gasteiger partial charge in [-0.2, -0.15) is 18.3 Å². The molecule has 0 spiro atoms. The highest BCUT2D eigenvalue weighted by molar-refractivity contribution is 5.93. The lowest BCUT2D eigenvalue weighted by molar-refractivity contribution is -0.208. The number of aromatic nitrogens is 2. The van der Waals surface area contributed by atoms with Crippen molar-refractivity contribution in [2.75, 3.05) is 0 Å². The van der Waals surface area contributed by atoms with Crippen molar-refractivity contribution in [2.45, 2.75) is 18.8 Å². The number of aliphatic hydroxyl groups excluding tert-OH is 1.